The lowest BCUT2D eigenvalue weighted by Crippen LogP contribution is -2.13. The number of hydrogen-bond donors (Lipinski definition) is 2. The molecule has 2 aliphatic heterocycles. The van der Waals surface area contributed by atoms with E-state index < -0.39 is 9.84 Å². The maximum absolute atomic E-state index is 12.9. The third-order valence-electron chi connectivity index (χ3n) is 4.32. The van der Waals surface area contributed by atoms with Gasteiger partial charge in [0.1, 0.15) is 5.82 Å². The molecule has 2 atom stereocenters. The average Bonchev–Trinajstić information content (AvgIpc) is 3.10. The van der Waals surface area contributed by atoms with Gasteiger partial charge in [0.05, 0.1) is 17.5 Å². The molecule has 6 nitrogen and oxygen atoms in total. The number of aliphatic imine (C=N–C) groups is 1. The molecule has 0 aromatic heterocycles. The maximum Gasteiger partial charge on any atom is 0.255 e. The molecule has 0 spiro atoms. The molecule has 27 heavy (non-hydrogen) atoms. The number of hydrogen-bond acceptors (Lipinski definition) is 6. The normalized spacial score (nSPS) is 22.8. The number of sulfone groups is 1. The predicted octanol–water partition coefficient (Wildman–Crippen LogP) is 2.76. The summed E-state index contributed by atoms with van der Waals surface area (Å²) in [4.78, 5) is 16.7. The molecule has 1 saturated heterocycles. The van der Waals surface area contributed by atoms with E-state index in [-0.39, 0.29) is 34.5 Å². The third-order valence-corrected chi connectivity index (χ3v) is 7.46. The topological polar surface area (TPSA) is 87.6 Å². The van der Waals surface area contributed by atoms with Crippen molar-refractivity contribution in [3.8, 4) is 0 Å². The SMILES string of the molecule is O=C(Nc1ccc(F)cc1)c1ccc(NC2=N[C@@H]3CS(=O)(=O)C[C@@H]3S2)cc1. The van der Waals surface area contributed by atoms with Crippen LogP contribution in [0.15, 0.2) is 53.5 Å². The Hall–Kier alpha value is -2.39. The molecule has 2 aliphatic rings. The van der Waals surface area contributed by atoms with Crippen molar-refractivity contribution in [2.45, 2.75) is 11.3 Å². The zero-order chi connectivity index (χ0) is 19.0. The van der Waals surface area contributed by atoms with Gasteiger partial charge >= 0.3 is 0 Å². The zero-order valence-electron chi connectivity index (χ0n) is 14.1. The summed E-state index contributed by atoms with van der Waals surface area (Å²) in [5, 5.41) is 6.55. The van der Waals surface area contributed by atoms with Crippen LogP contribution in [0.3, 0.4) is 0 Å². The first-order chi connectivity index (χ1) is 12.9. The fraction of sp³-hybridized carbons (Fsp3) is 0.222. The number of fused-ring (bicyclic) bond motifs is 1. The molecule has 1 amide bonds. The van der Waals surface area contributed by atoms with Gasteiger partial charge in [-0.2, -0.15) is 0 Å². The monoisotopic (exact) mass is 405 g/mol. The molecular formula is C18H16FN3O3S2. The van der Waals surface area contributed by atoms with E-state index >= 15 is 0 Å². The van der Waals surface area contributed by atoms with Crippen molar-refractivity contribution in [3.63, 3.8) is 0 Å². The van der Waals surface area contributed by atoms with E-state index in [1.54, 1.807) is 24.3 Å². The van der Waals surface area contributed by atoms with Gasteiger partial charge in [-0.3, -0.25) is 9.79 Å². The first-order valence-corrected chi connectivity index (χ1v) is 11.0. The van der Waals surface area contributed by atoms with Gasteiger partial charge < -0.3 is 10.6 Å². The fourth-order valence-corrected chi connectivity index (χ4v) is 6.66. The number of rotatable bonds is 3. The van der Waals surface area contributed by atoms with Gasteiger partial charge in [-0.15, -0.1) is 0 Å². The van der Waals surface area contributed by atoms with E-state index in [1.807, 2.05) is 0 Å². The Balaban J connectivity index is 1.38. The first-order valence-electron chi connectivity index (χ1n) is 8.27. The summed E-state index contributed by atoms with van der Waals surface area (Å²) in [5.74, 6) is -0.379. The Morgan fingerprint density at radius 3 is 2.37 bits per heavy atom. The van der Waals surface area contributed by atoms with Crippen LogP contribution in [0.4, 0.5) is 15.8 Å². The van der Waals surface area contributed by atoms with Crippen LogP contribution < -0.4 is 10.6 Å². The van der Waals surface area contributed by atoms with Crippen molar-refractivity contribution in [2.24, 2.45) is 4.99 Å². The smallest absolute Gasteiger partial charge is 0.255 e. The molecule has 140 valence electrons. The number of anilines is 2. The van der Waals surface area contributed by atoms with Crippen LogP contribution in [0.1, 0.15) is 10.4 Å². The van der Waals surface area contributed by atoms with Gasteiger partial charge in [-0.25, -0.2) is 12.8 Å². The van der Waals surface area contributed by atoms with Gasteiger partial charge in [-0.05, 0) is 48.5 Å². The number of carbonyl (C=O) groups excluding carboxylic acids is 1. The number of carbonyl (C=O) groups is 1. The summed E-state index contributed by atoms with van der Waals surface area (Å²) < 4.78 is 36.1. The molecule has 0 radical (unpaired) electrons. The number of nitrogens with one attached hydrogen (secondary N) is 2. The highest BCUT2D eigenvalue weighted by Gasteiger charge is 2.42. The van der Waals surface area contributed by atoms with E-state index in [9.17, 15) is 17.6 Å². The molecule has 2 aromatic rings. The number of halogens is 1. The molecule has 1 fully saturated rings. The zero-order valence-corrected chi connectivity index (χ0v) is 15.7. The first kappa shape index (κ1) is 18.0. The molecular weight excluding hydrogens is 389 g/mol. The van der Waals surface area contributed by atoms with Crippen molar-refractivity contribution in [3.05, 3.63) is 59.9 Å². The maximum atomic E-state index is 12.9. The molecule has 9 heteroatoms. The summed E-state index contributed by atoms with van der Waals surface area (Å²) in [6.45, 7) is 0. The Morgan fingerprint density at radius 1 is 1.04 bits per heavy atom. The van der Waals surface area contributed by atoms with Crippen LogP contribution >= 0.6 is 11.8 Å². The van der Waals surface area contributed by atoms with Crippen LogP contribution in [0.25, 0.3) is 0 Å². The summed E-state index contributed by atoms with van der Waals surface area (Å²) in [7, 11) is -2.97. The highest BCUT2D eigenvalue weighted by Crippen LogP contribution is 2.34. The van der Waals surface area contributed by atoms with Crippen LogP contribution in [0, 0.1) is 5.82 Å². The minimum absolute atomic E-state index is 0.0155. The van der Waals surface area contributed by atoms with Crippen molar-refractivity contribution >= 4 is 44.0 Å². The Labute approximate surface area is 160 Å². The van der Waals surface area contributed by atoms with Gasteiger partial charge in [0.2, 0.25) is 0 Å². The minimum atomic E-state index is -2.97. The van der Waals surface area contributed by atoms with Crippen molar-refractivity contribution in [1.29, 1.82) is 0 Å². The van der Waals surface area contributed by atoms with Gasteiger partial charge in [0, 0.05) is 22.2 Å². The fourth-order valence-electron chi connectivity index (χ4n) is 2.98. The molecule has 0 aliphatic carbocycles. The number of benzene rings is 2. The van der Waals surface area contributed by atoms with Gasteiger partial charge in [0.15, 0.2) is 15.0 Å². The van der Waals surface area contributed by atoms with Crippen molar-refractivity contribution < 1.29 is 17.6 Å². The van der Waals surface area contributed by atoms with Crippen molar-refractivity contribution in [1.82, 2.24) is 0 Å². The number of nitrogens with zero attached hydrogens (tertiary/aromatic N) is 1. The number of thioether (sulfide) groups is 1. The lowest BCUT2D eigenvalue weighted by molar-refractivity contribution is 0.102. The van der Waals surface area contributed by atoms with Gasteiger partial charge in [-0.1, -0.05) is 11.8 Å². The summed E-state index contributed by atoms with van der Waals surface area (Å²) in [6.07, 6.45) is 0. The second-order valence-electron chi connectivity index (χ2n) is 6.40. The molecule has 0 bridgehead atoms. The summed E-state index contributed by atoms with van der Waals surface area (Å²) >= 11 is 1.44. The second-order valence-corrected chi connectivity index (χ2v) is 9.78. The highest BCUT2D eigenvalue weighted by molar-refractivity contribution is 8.15. The van der Waals surface area contributed by atoms with Crippen molar-refractivity contribution in [2.75, 3.05) is 22.1 Å². The Bertz CT molecular complexity index is 1010. The molecule has 4 rings (SSSR count). The standard InChI is InChI=1S/C18H16FN3O3S2/c19-12-3-7-13(8-4-12)20-17(23)11-1-5-14(6-2-11)21-18-22-15-9-27(24,25)10-16(15)26-18/h1-8,15-16H,9-10H2,(H,20,23)(H,21,22)/t15-,16+/m1/s1. The van der Waals surface area contributed by atoms with E-state index in [2.05, 4.69) is 15.6 Å². The lowest BCUT2D eigenvalue weighted by atomic mass is 10.2. The van der Waals surface area contributed by atoms with Crippen LogP contribution in [-0.4, -0.2) is 42.3 Å². The quantitative estimate of drug-likeness (QED) is 0.820. The van der Waals surface area contributed by atoms with Crippen LogP contribution in [0.2, 0.25) is 0 Å². The number of amidine groups is 1. The lowest BCUT2D eigenvalue weighted by Gasteiger charge is -2.08. The predicted molar refractivity (Wildman–Crippen MR) is 106 cm³/mol. The largest absolute Gasteiger partial charge is 0.335 e. The van der Waals surface area contributed by atoms with E-state index in [1.165, 1.54) is 36.0 Å². The third kappa shape index (κ3) is 4.14. The molecule has 2 heterocycles. The Kier molecular flexibility index (Phi) is 4.65. The Morgan fingerprint density at radius 2 is 1.70 bits per heavy atom. The molecule has 0 saturated carbocycles. The van der Waals surface area contributed by atoms with Crippen LogP contribution in [0.5, 0.6) is 0 Å². The molecule has 0 unspecified atom stereocenters. The van der Waals surface area contributed by atoms with E-state index in [4.69, 9.17) is 0 Å². The summed E-state index contributed by atoms with van der Waals surface area (Å²) in [5.41, 5.74) is 1.75. The molecule has 2 aromatic carbocycles. The van der Waals surface area contributed by atoms with Crippen LogP contribution in [-0.2, 0) is 9.84 Å². The minimum Gasteiger partial charge on any atom is -0.335 e. The number of amides is 1. The second kappa shape index (κ2) is 6.97. The van der Waals surface area contributed by atoms with Gasteiger partial charge in [0.25, 0.3) is 5.91 Å². The molecule has 2 N–H and O–H groups in total. The highest BCUT2D eigenvalue weighted by atomic mass is 32.2. The van der Waals surface area contributed by atoms with E-state index in [0.717, 1.165) is 5.69 Å². The summed E-state index contributed by atoms with van der Waals surface area (Å²) in [6, 6.07) is 12.2. The average molecular weight is 405 g/mol. The van der Waals surface area contributed by atoms with E-state index in [0.29, 0.717) is 16.4 Å².